The summed E-state index contributed by atoms with van der Waals surface area (Å²) in [5.74, 6) is -0.0838. The number of ether oxygens (including phenoxy) is 1. The monoisotopic (exact) mass is 970 g/mol. The Kier molecular flexibility index (Phi) is 57.0. The Labute approximate surface area is 430 Å². The molecule has 0 spiro atoms. The van der Waals surface area contributed by atoms with Crippen LogP contribution in [0.1, 0.15) is 328 Å². The first-order valence-corrected chi connectivity index (χ1v) is 30.8. The number of amides is 1. The second-order valence-corrected chi connectivity index (χ2v) is 21.1. The molecular formula is C63H119NO5. The van der Waals surface area contributed by atoms with Crippen LogP contribution in [-0.2, 0) is 14.3 Å². The number of esters is 1. The van der Waals surface area contributed by atoms with Gasteiger partial charge in [0.1, 0.15) is 0 Å². The predicted molar refractivity (Wildman–Crippen MR) is 301 cm³/mol. The number of aliphatic hydroxyl groups is 2. The first-order chi connectivity index (χ1) is 34.0. The number of hydrogen-bond acceptors (Lipinski definition) is 5. The Morgan fingerprint density at radius 1 is 0.406 bits per heavy atom. The summed E-state index contributed by atoms with van der Waals surface area (Å²) in [6, 6.07) is -0.560. The Morgan fingerprint density at radius 2 is 0.725 bits per heavy atom. The molecule has 3 N–H and O–H groups in total. The van der Waals surface area contributed by atoms with Crippen LogP contribution in [-0.4, -0.2) is 47.4 Å². The van der Waals surface area contributed by atoms with Gasteiger partial charge in [-0.05, 0) is 83.5 Å². The lowest BCUT2D eigenvalue weighted by Crippen LogP contribution is -2.45. The smallest absolute Gasteiger partial charge is 0.305 e. The van der Waals surface area contributed by atoms with Crippen LogP contribution in [0.15, 0.2) is 36.5 Å². The highest BCUT2D eigenvalue weighted by molar-refractivity contribution is 5.76. The van der Waals surface area contributed by atoms with E-state index in [1.807, 2.05) is 0 Å². The first-order valence-electron chi connectivity index (χ1n) is 30.8. The van der Waals surface area contributed by atoms with Gasteiger partial charge in [-0.25, -0.2) is 0 Å². The lowest BCUT2D eigenvalue weighted by molar-refractivity contribution is -0.143. The molecule has 0 heterocycles. The Hall–Kier alpha value is -1.92. The summed E-state index contributed by atoms with van der Waals surface area (Å²) in [5.41, 5.74) is 0. The lowest BCUT2D eigenvalue weighted by Gasteiger charge is -2.22. The molecule has 1 amide bonds. The quantitative estimate of drug-likeness (QED) is 0.0244. The van der Waals surface area contributed by atoms with Crippen molar-refractivity contribution in [1.82, 2.24) is 5.32 Å². The van der Waals surface area contributed by atoms with Crippen LogP contribution in [0.5, 0.6) is 0 Å². The Balaban J connectivity index is 3.51. The number of carbonyl (C=O) groups is 2. The third-order valence-electron chi connectivity index (χ3n) is 14.2. The number of hydrogen-bond donors (Lipinski definition) is 3. The third kappa shape index (κ3) is 55.2. The van der Waals surface area contributed by atoms with Crippen molar-refractivity contribution in [1.29, 1.82) is 0 Å². The summed E-state index contributed by atoms with van der Waals surface area (Å²) < 4.78 is 5.45. The standard InChI is InChI=1S/C63H119NO5/c1-3-5-7-9-11-13-15-17-19-21-22-23-24-25-27-31-35-39-43-47-51-55-61(66)60(59-65)64-62(67)56-52-48-44-40-36-32-28-26-30-34-38-42-46-50-54-58-69-63(68)57-53-49-45-41-37-33-29-20-18-16-14-12-10-8-6-4-2/h20,26,29-30,34,38,60-61,65-66H,3-19,21-25,27-28,31-33,35-37,39-59H2,1-2H3,(H,64,67)/b29-20-,30-26-,38-34-. The summed E-state index contributed by atoms with van der Waals surface area (Å²) in [7, 11) is 0. The highest BCUT2D eigenvalue weighted by atomic mass is 16.5. The maximum atomic E-state index is 12.5. The molecule has 0 radical (unpaired) electrons. The molecule has 0 saturated carbocycles. The van der Waals surface area contributed by atoms with Crippen molar-refractivity contribution in [2.24, 2.45) is 0 Å². The van der Waals surface area contributed by atoms with Crippen molar-refractivity contribution in [2.45, 2.75) is 341 Å². The zero-order chi connectivity index (χ0) is 50.0. The van der Waals surface area contributed by atoms with E-state index in [0.717, 1.165) is 77.0 Å². The Bertz CT molecular complexity index is 1120. The lowest BCUT2D eigenvalue weighted by atomic mass is 10.0. The fourth-order valence-electron chi connectivity index (χ4n) is 9.45. The molecule has 0 aromatic carbocycles. The van der Waals surface area contributed by atoms with E-state index in [1.165, 1.54) is 218 Å². The van der Waals surface area contributed by atoms with Crippen molar-refractivity contribution in [3.05, 3.63) is 36.5 Å². The molecule has 0 fully saturated rings. The first kappa shape index (κ1) is 67.1. The summed E-state index contributed by atoms with van der Waals surface area (Å²) >= 11 is 0. The molecule has 0 aromatic heterocycles. The van der Waals surface area contributed by atoms with E-state index in [1.54, 1.807) is 0 Å². The van der Waals surface area contributed by atoms with Crippen LogP contribution in [0, 0.1) is 0 Å². The normalized spacial score (nSPS) is 12.8. The van der Waals surface area contributed by atoms with E-state index in [4.69, 9.17) is 4.74 Å². The van der Waals surface area contributed by atoms with Crippen LogP contribution < -0.4 is 5.32 Å². The second kappa shape index (κ2) is 58.6. The average Bonchev–Trinajstić information content (AvgIpc) is 3.35. The minimum absolute atomic E-state index is 0.0286. The van der Waals surface area contributed by atoms with Crippen molar-refractivity contribution in [2.75, 3.05) is 13.2 Å². The van der Waals surface area contributed by atoms with E-state index >= 15 is 0 Å². The largest absolute Gasteiger partial charge is 0.466 e. The number of rotatable bonds is 57. The fourth-order valence-corrected chi connectivity index (χ4v) is 9.45. The van der Waals surface area contributed by atoms with E-state index in [-0.39, 0.29) is 18.5 Å². The third-order valence-corrected chi connectivity index (χ3v) is 14.2. The van der Waals surface area contributed by atoms with Crippen LogP contribution in [0.2, 0.25) is 0 Å². The predicted octanol–water partition coefficient (Wildman–Crippen LogP) is 19.2. The highest BCUT2D eigenvalue weighted by Gasteiger charge is 2.20. The molecule has 0 rings (SSSR count). The number of unbranched alkanes of at least 4 members (excludes halogenated alkanes) is 41. The number of carbonyl (C=O) groups excluding carboxylic acids is 2. The molecule has 0 bridgehead atoms. The summed E-state index contributed by atoms with van der Waals surface area (Å²) in [6.45, 7) is 4.91. The molecule has 0 aliphatic heterocycles. The fraction of sp³-hybridized carbons (Fsp3) is 0.873. The van der Waals surface area contributed by atoms with Gasteiger partial charge in [0.25, 0.3) is 0 Å². The van der Waals surface area contributed by atoms with E-state index < -0.39 is 12.1 Å². The van der Waals surface area contributed by atoms with E-state index in [9.17, 15) is 19.8 Å². The highest BCUT2D eigenvalue weighted by Crippen LogP contribution is 2.17. The van der Waals surface area contributed by atoms with Gasteiger partial charge in [0.05, 0.1) is 25.4 Å². The van der Waals surface area contributed by atoms with Gasteiger partial charge >= 0.3 is 5.97 Å². The molecule has 2 atom stereocenters. The minimum Gasteiger partial charge on any atom is -0.466 e. The van der Waals surface area contributed by atoms with Crippen molar-refractivity contribution < 1.29 is 24.5 Å². The molecule has 0 aliphatic rings. The SMILES string of the molecule is CCCCCCCCC/C=C\CCCCCCCC(=O)OCCCCC/C=C\C=C/CCCCCCCCC(=O)NC(CO)C(O)CCCCCCCCCCCCCCCCCCCCCCC. The average molecular weight is 971 g/mol. The van der Waals surface area contributed by atoms with Gasteiger partial charge in [-0.1, -0.05) is 269 Å². The molecule has 2 unspecified atom stereocenters. The molecule has 6 nitrogen and oxygen atoms in total. The van der Waals surface area contributed by atoms with Gasteiger partial charge in [-0.15, -0.1) is 0 Å². The van der Waals surface area contributed by atoms with Crippen LogP contribution >= 0.6 is 0 Å². The number of allylic oxidation sites excluding steroid dienone is 6. The molecule has 69 heavy (non-hydrogen) atoms. The minimum atomic E-state index is -0.680. The summed E-state index contributed by atoms with van der Waals surface area (Å²) in [6.07, 6.45) is 72.9. The van der Waals surface area contributed by atoms with Crippen molar-refractivity contribution >= 4 is 11.9 Å². The molecule has 0 aromatic rings. The van der Waals surface area contributed by atoms with Gasteiger partial charge < -0.3 is 20.3 Å². The summed E-state index contributed by atoms with van der Waals surface area (Å²) in [5, 5.41) is 23.3. The van der Waals surface area contributed by atoms with E-state index in [2.05, 4.69) is 55.6 Å². The molecule has 0 saturated heterocycles. The van der Waals surface area contributed by atoms with Crippen LogP contribution in [0.3, 0.4) is 0 Å². The topological polar surface area (TPSA) is 95.9 Å². The van der Waals surface area contributed by atoms with Gasteiger partial charge in [0.15, 0.2) is 0 Å². The van der Waals surface area contributed by atoms with Crippen molar-refractivity contribution in [3.63, 3.8) is 0 Å². The maximum Gasteiger partial charge on any atom is 0.305 e. The molecule has 6 heteroatoms. The van der Waals surface area contributed by atoms with Crippen molar-refractivity contribution in [3.8, 4) is 0 Å². The van der Waals surface area contributed by atoms with Crippen LogP contribution in [0.4, 0.5) is 0 Å². The molecule has 406 valence electrons. The molecular weight excluding hydrogens is 851 g/mol. The summed E-state index contributed by atoms with van der Waals surface area (Å²) in [4.78, 5) is 24.6. The van der Waals surface area contributed by atoms with Gasteiger partial charge in [-0.3, -0.25) is 9.59 Å². The number of aliphatic hydroxyl groups excluding tert-OH is 2. The van der Waals surface area contributed by atoms with Crippen LogP contribution in [0.25, 0.3) is 0 Å². The van der Waals surface area contributed by atoms with Gasteiger partial charge in [-0.2, -0.15) is 0 Å². The zero-order valence-electron chi connectivity index (χ0n) is 46.3. The zero-order valence-corrected chi connectivity index (χ0v) is 46.3. The Morgan fingerprint density at radius 3 is 1.12 bits per heavy atom. The van der Waals surface area contributed by atoms with Gasteiger partial charge in [0.2, 0.25) is 5.91 Å². The van der Waals surface area contributed by atoms with Gasteiger partial charge in [0, 0.05) is 12.8 Å². The second-order valence-electron chi connectivity index (χ2n) is 21.1. The maximum absolute atomic E-state index is 12.5. The molecule has 0 aliphatic carbocycles. The van der Waals surface area contributed by atoms with E-state index in [0.29, 0.717) is 25.9 Å². The number of nitrogens with one attached hydrogen (secondary N) is 1.